The monoisotopic (exact) mass is 224 g/mol. The van der Waals surface area contributed by atoms with Gasteiger partial charge in [0.2, 0.25) is 5.91 Å². The van der Waals surface area contributed by atoms with Crippen molar-refractivity contribution in [3.05, 3.63) is 29.8 Å². The molecular formula is C11H10F2N2O. The van der Waals surface area contributed by atoms with Gasteiger partial charge in [-0.3, -0.25) is 9.79 Å². The Morgan fingerprint density at radius 3 is 2.88 bits per heavy atom. The van der Waals surface area contributed by atoms with Gasteiger partial charge in [-0.2, -0.15) is 0 Å². The van der Waals surface area contributed by atoms with Gasteiger partial charge in [0.05, 0.1) is 6.42 Å². The molecule has 1 aromatic carbocycles. The predicted molar refractivity (Wildman–Crippen MR) is 55.7 cm³/mol. The van der Waals surface area contributed by atoms with Gasteiger partial charge < -0.3 is 5.32 Å². The minimum atomic E-state index is -0.583. The standard InChI is InChI=1S/C11H10F2N2O/c12-7-1-2-9(13)10(5-7)15-8-3-4-14-11(16)6-8/h1-2,5H,3-4,6H2,(H,14,16). The van der Waals surface area contributed by atoms with Crippen molar-refractivity contribution in [2.45, 2.75) is 12.8 Å². The highest BCUT2D eigenvalue weighted by Crippen LogP contribution is 2.20. The van der Waals surface area contributed by atoms with Crippen molar-refractivity contribution in [1.29, 1.82) is 0 Å². The van der Waals surface area contributed by atoms with E-state index in [4.69, 9.17) is 0 Å². The summed E-state index contributed by atoms with van der Waals surface area (Å²) in [6, 6.07) is 3.08. The van der Waals surface area contributed by atoms with Gasteiger partial charge in [0.15, 0.2) is 0 Å². The molecule has 0 atom stereocenters. The summed E-state index contributed by atoms with van der Waals surface area (Å²) in [6.07, 6.45) is 0.720. The van der Waals surface area contributed by atoms with E-state index in [1.807, 2.05) is 0 Å². The Morgan fingerprint density at radius 1 is 1.31 bits per heavy atom. The first-order valence-corrected chi connectivity index (χ1v) is 4.93. The molecule has 1 N–H and O–H groups in total. The van der Waals surface area contributed by atoms with Gasteiger partial charge in [-0.1, -0.05) is 0 Å². The van der Waals surface area contributed by atoms with Crippen LogP contribution in [0.2, 0.25) is 0 Å². The number of carbonyl (C=O) groups excluding carboxylic acids is 1. The number of benzene rings is 1. The molecule has 0 radical (unpaired) electrons. The number of nitrogens with zero attached hydrogens (tertiary/aromatic N) is 1. The number of hydrogen-bond acceptors (Lipinski definition) is 2. The number of aliphatic imine (C=N–C) groups is 1. The highest BCUT2D eigenvalue weighted by Gasteiger charge is 2.14. The molecule has 1 saturated heterocycles. The van der Waals surface area contributed by atoms with Crippen LogP contribution in [0.4, 0.5) is 14.5 Å². The van der Waals surface area contributed by atoms with Crippen LogP contribution in [-0.4, -0.2) is 18.2 Å². The minimum Gasteiger partial charge on any atom is -0.355 e. The Hall–Kier alpha value is -1.78. The average molecular weight is 224 g/mol. The summed E-state index contributed by atoms with van der Waals surface area (Å²) >= 11 is 0. The largest absolute Gasteiger partial charge is 0.355 e. The second-order valence-electron chi connectivity index (χ2n) is 3.55. The highest BCUT2D eigenvalue weighted by molar-refractivity contribution is 6.04. The Balaban J connectivity index is 2.27. The van der Waals surface area contributed by atoms with Crippen LogP contribution in [0.25, 0.3) is 0 Å². The van der Waals surface area contributed by atoms with Crippen LogP contribution in [0.15, 0.2) is 23.2 Å². The fourth-order valence-electron chi connectivity index (χ4n) is 1.52. The number of nitrogens with one attached hydrogen (secondary N) is 1. The molecule has 0 saturated carbocycles. The van der Waals surface area contributed by atoms with Crippen LogP contribution < -0.4 is 5.32 Å². The van der Waals surface area contributed by atoms with E-state index in [9.17, 15) is 13.6 Å². The molecule has 5 heteroatoms. The van der Waals surface area contributed by atoms with E-state index in [2.05, 4.69) is 10.3 Å². The van der Waals surface area contributed by atoms with Crippen LogP contribution in [0.3, 0.4) is 0 Å². The maximum absolute atomic E-state index is 13.2. The lowest BCUT2D eigenvalue weighted by atomic mass is 10.1. The second-order valence-corrected chi connectivity index (χ2v) is 3.55. The van der Waals surface area contributed by atoms with E-state index >= 15 is 0 Å². The van der Waals surface area contributed by atoms with E-state index in [0.717, 1.165) is 18.2 Å². The molecule has 1 amide bonds. The summed E-state index contributed by atoms with van der Waals surface area (Å²) in [5.41, 5.74) is 0.526. The summed E-state index contributed by atoms with van der Waals surface area (Å²) < 4.78 is 26.1. The van der Waals surface area contributed by atoms with Crippen LogP contribution >= 0.6 is 0 Å². The molecule has 0 bridgehead atoms. The lowest BCUT2D eigenvalue weighted by Gasteiger charge is -2.13. The van der Waals surface area contributed by atoms with Gasteiger partial charge in [0.25, 0.3) is 0 Å². The Kier molecular flexibility index (Phi) is 2.94. The zero-order valence-electron chi connectivity index (χ0n) is 8.46. The third-order valence-electron chi connectivity index (χ3n) is 2.29. The van der Waals surface area contributed by atoms with Crippen LogP contribution in [0.1, 0.15) is 12.8 Å². The van der Waals surface area contributed by atoms with Crippen LogP contribution in [0.5, 0.6) is 0 Å². The van der Waals surface area contributed by atoms with E-state index in [0.29, 0.717) is 18.7 Å². The van der Waals surface area contributed by atoms with E-state index < -0.39 is 11.6 Å². The molecule has 1 fully saturated rings. The highest BCUT2D eigenvalue weighted by atomic mass is 19.1. The Morgan fingerprint density at radius 2 is 2.12 bits per heavy atom. The molecule has 0 aliphatic carbocycles. The van der Waals surface area contributed by atoms with Gasteiger partial charge >= 0.3 is 0 Å². The summed E-state index contributed by atoms with van der Waals surface area (Å²) in [5, 5.41) is 2.64. The molecule has 3 nitrogen and oxygen atoms in total. The average Bonchev–Trinajstić information content (AvgIpc) is 2.24. The summed E-state index contributed by atoms with van der Waals surface area (Å²) in [4.78, 5) is 15.0. The normalized spacial score (nSPS) is 18.6. The summed E-state index contributed by atoms with van der Waals surface area (Å²) in [5.74, 6) is -1.26. The van der Waals surface area contributed by atoms with Crippen molar-refractivity contribution in [2.75, 3.05) is 6.54 Å². The number of piperidine rings is 1. The fraction of sp³-hybridized carbons (Fsp3) is 0.273. The predicted octanol–water partition coefficient (Wildman–Crippen LogP) is 1.95. The van der Waals surface area contributed by atoms with E-state index in [1.54, 1.807) is 0 Å². The maximum Gasteiger partial charge on any atom is 0.225 e. The number of carbonyl (C=O) groups is 1. The molecule has 1 aliphatic rings. The first-order chi connectivity index (χ1) is 7.65. The topological polar surface area (TPSA) is 41.5 Å². The van der Waals surface area contributed by atoms with Gasteiger partial charge in [-0.15, -0.1) is 0 Å². The molecule has 0 aromatic heterocycles. The van der Waals surface area contributed by atoms with Crippen molar-refractivity contribution in [3.63, 3.8) is 0 Å². The van der Waals surface area contributed by atoms with Crippen LogP contribution in [-0.2, 0) is 4.79 Å². The van der Waals surface area contributed by atoms with E-state index in [-0.39, 0.29) is 18.0 Å². The number of halogens is 2. The van der Waals surface area contributed by atoms with Gasteiger partial charge in [-0.25, -0.2) is 8.78 Å². The molecule has 1 aromatic rings. The third-order valence-corrected chi connectivity index (χ3v) is 2.29. The third kappa shape index (κ3) is 2.42. The molecular weight excluding hydrogens is 214 g/mol. The molecule has 16 heavy (non-hydrogen) atoms. The van der Waals surface area contributed by atoms with Crippen molar-refractivity contribution in [2.24, 2.45) is 4.99 Å². The van der Waals surface area contributed by atoms with Gasteiger partial charge in [0.1, 0.15) is 17.3 Å². The quantitative estimate of drug-likeness (QED) is 0.778. The first kappa shape index (κ1) is 10.7. The van der Waals surface area contributed by atoms with Crippen LogP contribution in [0, 0.1) is 11.6 Å². The zero-order valence-corrected chi connectivity index (χ0v) is 8.46. The Labute approximate surface area is 91.2 Å². The molecule has 1 aliphatic heterocycles. The number of rotatable bonds is 1. The van der Waals surface area contributed by atoms with E-state index in [1.165, 1.54) is 0 Å². The van der Waals surface area contributed by atoms with Crippen molar-refractivity contribution < 1.29 is 13.6 Å². The first-order valence-electron chi connectivity index (χ1n) is 4.93. The Bertz CT molecular complexity index is 457. The fourth-order valence-corrected chi connectivity index (χ4v) is 1.52. The molecule has 0 unspecified atom stereocenters. The van der Waals surface area contributed by atoms with Crippen molar-refractivity contribution >= 4 is 17.3 Å². The van der Waals surface area contributed by atoms with Crippen molar-refractivity contribution in [1.82, 2.24) is 5.32 Å². The molecule has 2 rings (SSSR count). The second kappa shape index (κ2) is 4.38. The maximum atomic E-state index is 13.2. The number of hydrogen-bond donors (Lipinski definition) is 1. The minimum absolute atomic E-state index is 0.0512. The molecule has 0 spiro atoms. The smallest absolute Gasteiger partial charge is 0.225 e. The SMILES string of the molecule is O=C1CC(=Nc2cc(F)ccc2F)CCN1. The molecule has 1 heterocycles. The van der Waals surface area contributed by atoms with Gasteiger partial charge in [-0.05, 0) is 12.1 Å². The number of amides is 1. The lowest BCUT2D eigenvalue weighted by Crippen LogP contribution is -2.33. The zero-order chi connectivity index (χ0) is 11.5. The van der Waals surface area contributed by atoms with Gasteiger partial charge in [0, 0.05) is 24.7 Å². The lowest BCUT2D eigenvalue weighted by molar-refractivity contribution is -0.120. The molecule has 84 valence electrons. The summed E-state index contributed by atoms with van der Waals surface area (Å²) in [6.45, 7) is 0.495. The van der Waals surface area contributed by atoms with Crippen molar-refractivity contribution in [3.8, 4) is 0 Å². The summed E-state index contributed by atoms with van der Waals surface area (Å²) in [7, 11) is 0.